The van der Waals surface area contributed by atoms with E-state index in [0.29, 0.717) is 16.2 Å². The minimum Gasteiger partial charge on any atom is -0.477 e. The van der Waals surface area contributed by atoms with Crippen LogP contribution in [0.3, 0.4) is 0 Å². The van der Waals surface area contributed by atoms with Crippen molar-refractivity contribution in [2.45, 2.75) is 16.8 Å². The molecule has 0 spiro atoms. The molecule has 2 rings (SSSR count). The van der Waals surface area contributed by atoms with Gasteiger partial charge in [0.2, 0.25) is 0 Å². The predicted molar refractivity (Wildman–Crippen MR) is 72.3 cm³/mol. The third-order valence-electron chi connectivity index (χ3n) is 2.50. The first-order valence-electron chi connectivity index (χ1n) is 5.47. The van der Waals surface area contributed by atoms with Gasteiger partial charge in [0.05, 0.1) is 5.56 Å². The highest BCUT2D eigenvalue weighted by molar-refractivity contribution is 7.98. The van der Waals surface area contributed by atoms with Gasteiger partial charge in [-0.1, -0.05) is 6.07 Å². The van der Waals surface area contributed by atoms with Gasteiger partial charge in [0.15, 0.2) is 0 Å². The zero-order valence-electron chi connectivity index (χ0n) is 9.98. The fourth-order valence-corrected chi connectivity index (χ4v) is 3.36. The van der Waals surface area contributed by atoms with Gasteiger partial charge >= 0.3 is 12.1 Å². The summed E-state index contributed by atoms with van der Waals surface area (Å²) in [6.45, 7) is 0. The number of benzene rings is 1. The number of carboxylic acids is 1. The Hall–Kier alpha value is -1.47. The molecular weight excluding hydrogens is 309 g/mol. The van der Waals surface area contributed by atoms with E-state index in [1.54, 1.807) is 17.5 Å². The number of hydrogen-bond acceptors (Lipinski definition) is 3. The lowest BCUT2D eigenvalue weighted by Crippen LogP contribution is -2.04. The molecule has 1 aromatic carbocycles. The van der Waals surface area contributed by atoms with Crippen LogP contribution in [0.4, 0.5) is 13.2 Å². The normalized spacial score (nSPS) is 11.6. The maximum absolute atomic E-state index is 12.6. The minimum atomic E-state index is -4.37. The van der Waals surface area contributed by atoms with E-state index in [1.165, 1.54) is 17.8 Å². The second-order valence-electron chi connectivity index (χ2n) is 3.89. The van der Waals surface area contributed by atoms with Gasteiger partial charge in [-0.2, -0.15) is 13.2 Å². The van der Waals surface area contributed by atoms with Crippen LogP contribution >= 0.6 is 23.1 Å². The number of halogens is 3. The van der Waals surface area contributed by atoms with E-state index in [1.807, 2.05) is 0 Å². The molecule has 0 aliphatic carbocycles. The summed E-state index contributed by atoms with van der Waals surface area (Å²) in [5.41, 5.74) is -0.0869. The Balaban J connectivity index is 2.11. The highest BCUT2D eigenvalue weighted by atomic mass is 32.2. The Kier molecular flexibility index (Phi) is 4.39. The molecule has 0 amide bonds. The number of rotatable bonds is 4. The van der Waals surface area contributed by atoms with Gasteiger partial charge in [0.25, 0.3) is 0 Å². The maximum atomic E-state index is 12.6. The van der Waals surface area contributed by atoms with Crippen molar-refractivity contribution in [3.05, 3.63) is 51.7 Å². The van der Waals surface area contributed by atoms with Crippen LogP contribution in [-0.2, 0) is 11.9 Å². The first kappa shape index (κ1) is 14.9. The zero-order valence-corrected chi connectivity index (χ0v) is 11.6. The predicted octanol–water partition coefficient (Wildman–Crippen LogP) is 4.76. The van der Waals surface area contributed by atoms with Crippen molar-refractivity contribution in [1.82, 2.24) is 0 Å². The molecule has 1 aromatic heterocycles. The zero-order chi connectivity index (χ0) is 14.8. The van der Waals surface area contributed by atoms with Crippen LogP contribution in [0, 0.1) is 0 Å². The van der Waals surface area contributed by atoms with Crippen LogP contribution in [0.5, 0.6) is 0 Å². The van der Waals surface area contributed by atoms with Crippen molar-refractivity contribution in [3.63, 3.8) is 0 Å². The Labute approximate surface area is 121 Å². The molecular formula is C13H9F3O2S2. The Bertz CT molecular complexity index is 620. The maximum Gasteiger partial charge on any atom is 0.416 e. The summed E-state index contributed by atoms with van der Waals surface area (Å²) < 4.78 is 37.7. The van der Waals surface area contributed by atoms with E-state index in [9.17, 15) is 18.0 Å². The molecule has 0 radical (unpaired) electrons. The van der Waals surface area contributed by atoms with E-state index >= 15 is 0 Å². The quantitative estimate of drug-likeness (QED) is 0.826. The summed E-state index contributed by atoms with van der Waals surface area (Å²) in [6.07, 6.45) is -4.37. The third kappa shape index (κ3) is 3.55. The lowest BCUT2D eigenvalue weighted by molar-refractivity contribution is -0.137. The number of thioether (sulfide) groups is 1. The summed E-state index contributed by atoms with van der Waals surface area (Å²) in [7, 11) is 0. The lowest BCUT2D eigenvalue weighted by Gasteiger charge is -2.08. The van der Waals surface area contributed by atoms with Crippen LogP contribution in [0.15, 0.2) is 40.6 Å². The standard InChI is InChI=1S/C13H9F3O2S2/c14-13(15,16)9-2-1-3-10(6-9)20-7-8-4-5-19-11(8)12(17)18/h1-6H,7H2,(H,17,18). The van der Waals surface area contributed by atoms with Gasteiger partial charge in [-0.05, 0) is 35.2 Å². The van der Waals surface area contributed by atoms with Gasteiger partial charge in [-0.25, -0.2) is 4.79 Å². The van der Waals surface area contributed by atoms with Crippen LogP contribution in [0.25, 0.3) is 0 Å². The molecule has 0 saturated heterocycles. The van der Waals surface area contributed by atoms with Crippen molar-refractivity contribution in [3.8, 4) is 0 Å². The Morgan fingerprint density at radius 3 is 2.70 bits per heavy atom. The summed E-state index contributed by atoms with van der Waals surface area (Å²) in [5.74, 6) is -0.688. The van der Waals surface area contributed by atoms with Crippen LogP contribution in [0.2, 0.25) is 0 Å². The molecule has 2 nitrogen and oxygen atoms in total. The van der Waals surface area contributed by atoms with Gasteiger partial charge in [0, 0.05) is 10.6 Å². The average molecular weight is 318 g/mol. The molecule has 0 fully saturated rings. The number of hydrogen-bond donors (Lipinski definition) is 1. The smallest absolute Gasteiger partial charge is 0.416 e. The highest BCUT2D eigenvalue weighted by Gasteiger charge is 2.30. The first-order chi connectivity index (χ1) is 9.38. The van der Waals surface area contributed by atoms with E-state index in [-0.39, 0.29) is 4.88 Å². The molecule has 0 atom stereocenters. The fraction of sp³-hybridized carbons (Fsp3) is 0.154. The topological polar surface area (TPSA) is 37.3 Å². The molecule has 0 unspecified atom stereocenters. The van der Waals surface area contributed by atoms with Crippen molar-refractivity contribution < 1.29 is 23.1 Å². The van der Waals surface area contributed by atoms with E-state index in [4.69, 9.17) is 5.11 Å². The summed E-state index contributed by atoms with van der Waals surface area (Å²) >= 11 is 2.29. The third-order valence-corrected chi connectivity index (χ3v) is 4.48. The number of thiophene rings is 1. The Morgan fingerprint density at radius 2 is 2.05 bits per heavy atom. The molecule has 7 heteroatoms. The number of carbonyl (C=O) groups is 1. The summed E-state index contributed by atoms with van der Waals surface area (Å²) in [5, 5.41) is 10.6. The lowest BCUT2D eigenvalue weighted by atomic mass is 10.2. The van der Waals surface area contributed by atoms with Gasteiger partial charge in [-0.15, -0.1) is 23.1 Å². The van der Waals surface area contributed by atoms with E-state index in [0.717, 1.165) is 23.5 Å². The second-order valence-corrected chi connectivity index (χ2v) is 5.86. The number of aromatic carboxylic acids is 1. The molecule has 0 aliphatic heterocycles. The second kappa shape index (κ2) is 5.88. The van der Waals surface area contributed by atoms with Crippen molar-refractivity contribution >= 4 is 29.1 Å². The molecule has 2 aromatic rings. The minimum absolute atomic E-state index is 0.226. The van der Waals surface area contributed by atoms with Gasteiger partial charge in [0.1, 0.15) is 4.88 Å². The van der Waals surface area contributed by atoms with Crippen LogP contribution in [0.1, 0.15) is 20.8 Å². The Morgan fingerprint density at radius 1 is 1.30 bits per heavy atom. The molecule has 0 saturated carbocycles. The fourth-order valence-electron chi connectivity index (χ4n) is 1.56. The monoisotopic (exact) mass is 318 g/mol. The molecule has 20 heavy (non-hydrogen) atoms. The van der Waals surface area contributed by atoms with Crippen molar-refractivity contribution in [1.29, 1.82) is 0 Å². The molecule has 0 aliphatic rings. The summed E-state index contributed by atoms with van der Waals surface area (Å²) in [4.78, 5) is 11.6. The highest BCUT2D eigenvalue weighted by Crippen LogP contribution is 2.33. The molecule has 1 N–H and O–H groups in total. The first-order valence-corrected chi connectivity index (χ1v) is 7.34. The molecule has 1 heterocycles. The van der Waals surface area contributed by atoms with E-state index < -0.39 is 17.7 Å². The summed E-state index contributed by atoms with van der Waals surface area (Å²) in [6, 6.07) is 6.67. The van der Waals surface area contributed by atoms with E-state index in [2.05, 4.69) is 0 Å². The van der Waals surface area contributed by atoms with Gasteiger partial charge < -0.3 is 5.11 Å². The van der Waals surface area contributed by atoms with Gasteiger partial charge in [-0.3, -0.25) is 0 Å². The molecule has 106 valence electrons. The van der Waals surface area contributed by atoms with Crippen molar-refractivity contribution in [2.24, 2.45) is 0 Å². The van der Waals surface area contributed by atoms with Crippen LogP contribution < -0.4 is 0 Å². The SMILES string of the molecule is O=C(O)c1sccc1CSc1cccc(C(F)(F)F)c1. The number of carboxylic acid groups (broad SMARTS) is 1. The average Bonchev–Trinajstić information content (AvgIpc) is 2.84. The molecule has 0 bridgehead atoms. The number of alkyl halides is 3. The van der Waals surface area contributed by atoms with Crippen LogP contribution in [-0.4, -0.2) is 11.1 Å². The largest absolute Gasteiger partial charge is 0.477 e. The van der Waals surface area contributed by atoms with Crippen molar-refractivity contribution in [2.75, 3.05) is 0 Å².